The number of nitrogens with zero attached hydrogens (tertiary/aromatic N) is 3. The van der Waals surface area contributed by atoms with Gasteiger partial charge in [-0.2, -0.15) is 0 Å². The molecule has 4 rings (SSSR count). The van der Waals surface area contributed by atoms with Crippen molar-refractivity contribution in [3.05, 3.63) is 52.2 Å². The van der Waals surface area contributed by atoms with Crippen molar-refractivity contribution in [2.45, 2.75) is 70.3 Å². The van der Waals surface area contributed by atoms with Gasteiger partial charge in [-0.3, -0.25) is 13.9 Å². The number of likely N-dealkylation sites (N-methyl/N-ethyl adjacent to an activating group) is 1. The maximum absolute atomic E-state index is 13.3. The highest BCUT2D eigenvalue weighted by Crippen LogP contribution is 2.34. The van der Waals surface area contributed by atoms with Gasteiger partial charge in [0.15, 0.2) is 0 Å². The molecule has 0 saturated heterocycles. The van der Waals surface area contributed by atoms with Crippen molar-refractivity contribution in [3.63, 3.8) is 0 Å². The van der Waals surface area contributed by atoms with Crippen LogP contribution in [-0.2, 0) is 21.4 Å². The van der Waals surface area contributed by atoms with Crippen LogP contribution in [0.25, 0.3) is 5.69 Å². The van der Waals surface area contributed by atoms with Crippen LogP contribution in [-0.4, -0.2) is 47.3 Å². The van der Waals surface area contributed by atoms with E-state index in [1.54, 1.807) is 4.57 Å². The fraction of sp³-hybridized carbons (Fsp3) is 0.615. The van der Waals surface area contributed by atoms with Crippen LogP contribution in [0.5, 0.6) is 0 Å². The monoisotopic (exact) mass is 439 g/mol. The molecule has 0 unspecified atom stereocenters. The van der Waals surface area contributed by atoms with Crippen molar-refractivity contribution in [1.29, 1.82) is 0 Å². The van der Waals surface area contributed by atoms with Gasteiger partial charge in [0.25, 0.3) is 0 Å². The van der Waals surface area contributed by atoms with Crippen molar-refractivity contribution < 1.29 is 9.53 Å². The second-order valence-electron chi connectivity index (χ2n) is 10.4. The van der Waals surface area contributed by atoms with Gasteiger partial charge in [-0.25, -0.2) is 4.79 Å². The van der Waals surface area contributed by atoms with E-state index in [0.717, 1.165) is 57.3 Å². The molecule has 1 aromatic heterocycles. The van der Waals surface area contributed by atoms with Crippen molar-refractivity contribution >= 4 is 5.97 Å². The number of hydrogen-bond donors (Lipinski definition) is 0. The van der Waals surface area contributed by atoms with Crippen LogP contribution < -0.4 is 5.69 Å². The van der Waals surface area contributed by atoms with E-state index in [1.807, 2.05) is 17.0 Å². The number of carbonyl (C=O) groups excluding carboxylic acids is 1. The Kier molecular flexibility index (Phi) is 6.61. The second kappa shape index (κ2) is 9.26. The average molecular weight is 440 g/mol. The maximum atomic E-state index is 13.3. The summed E-state index contributed by atoms with van der Waals surface area (Å²) in [6.07, 6.45) is 10.3. The third-order valence-corrected chi connectivity index (χ3v) is 7.52. The molecular weight excluding hydrogens is 402 g/mol. The van der Waals surface area contributed by atoms with E-state index in [9.17, 15) is 9.59 Å². The number of esters is 1. The van der Waals surface area contributed by atoms with Crippen LogP contribution in [0.15, 0.2) is 35.4 Å². The van der Waals surface area contributed by atoms with Crippen LogP contribution >= 0.6 is 0 Å². The first kappa shape index (κ1) is 22.8. The molecule has 0 amide bonds. The fourth-order valence-electron chi connectivity index (χ4n) is 5.75. The molecular formula is C26H37N3O3. The summed E-state index contributed by atoms with van der Waals surface area (Å²) >= 11 is 0. The minimum Gasteiger partial charge on any atom is -0.469 e. The van der Waals surface area contributed by atoms with Gasteiger partial charge in [0, 0.05) is 43.4 Å². The molecule has 0 spiro atoms. The second-order valence-corrected chi connectivity index (χ2v) is 10.4. The number of hydrogen-bond acceptors (Lipinski definition) is 4. The lowest BCUT2D eigenvalue weighted by molar-refractivity contribution is -0.141. The first-order valence-corrected chi connectivity index (χ1v) is 12.0. The molecule has 1 saturated carbocycles. The molecule has 1 aliphatic heterocycles. The summed E-state index contributed by atoms with van der Waals surface area (Å²) in [6, 6.07) is 6.78. The highest BCUT2D eigenvalue weighted by molar-refractivity contribution is 5.69. The maximum Gasteiger partial charge on any atom is 0.332 e. The molecule has 1 fully saturated rings. The Labute approximate surface area is 191 Å². The third kappa shape index (κ3) is 4.70. The Morgan fingerprint density at radius 3 is 2.62 bits per heavy atom. The smallest absolute Gasteiger partial charge is 0.332 e. The zero-order chi connectivity index (χ0) is 22.9. The molecule has 0 atom stereocenters. The number of imidazole rings is 1. The minimum atomic E-state index is -0.129. The van der Waals surface area contributed by atoms with Gasteiger partial charge in [0.1, 0.15) is 0 Å². The molecule has 1 aliphatic carbocycles. The molecule has 6 heteroatoms. The first-order chi connectivity index (χ1) is 15.3. The van der Waals surface area contributed by atoms with Gasteiger partial charge in [-0.1, -0.05) is 19.9 Å². The first-order valence-electron chi connectivity index (χ1n) is 12.0. The van der Waals surface area contributed by atoms with Crippen LogP contribution in [0.1, 0.15) is 69.5 Å². The van der Waals surface area contributed by atoms with E-state index < -0.39 is 0 Å². The molecule has 0 N–H and O–H groups in total. The zero-order valence-corrected chi connectivity index (χ0v) is 20.0. The van der Waals surface area contributed by atoms with Crippen LogP contribution in [0.4, 0.5) is 0 Å². The fourth-order valence-corrected chi connectivity index (χ4v) is 5.75. The van der Waals surface area contributed by atoms with Gasteiger partial charge >= 0.3 is 11.7 Å². The normalized spacial score (nSPS) is 23.4. The van der Waals surface area contributed by atoms with E-state index in [2.05, 4.69) is 44.0 Å². The summed E-state index contributed by atoms with van der Waals surface area (Å²) in [5, 5.41) is 0. The molecule has 0 bridgehead atoms. The lowest BCUT2D eigenvalue weighted by atomic mass is 9.81. The highest BCUT2D eigenvalue weighted by atomic mass is 16.5. The molecule has 6 nitrogen and oxygen atoms in total. The number of aromatic nitrogens is 2. The SMILES string of the molecule is COC(=O)CCC1CCC(n2ccn(-c3ccc4c(c3)CCN(C)CC4(C)C)c2=O)CC1. The topological polar surface area (TPSA) is 56.5 Å². The Morgan fingerprint density at radius 1 is 1.16 bits per heavy atom. The lowest BCUT2D eigenvalue weighted by Crippen LogP contribution is -2.33. The van der Waals surface area contributed by atoms with Gasteiger partial charge in [-0.05, 0) is 74.8 Å². The molecule has 2 heterocycles. The van der Waals surface area contributed by atoms with Crippen LogP contribution in [0.3, 0.4) is 0 Å². The van der Waals surface area contributed by atoms with Crippen molar-refractivity contribution in [3.8, 4) is 5.69 Å². The number of ether oxygens (including phenoxy) is 1. The van der Waals surface area contributed by atoms with Crippen LogP contribution in [0, 0.1) is 5.92 Å². The molecule has 32 heavy (non-hydrogen) atoms. The van der Waals surface area contributed by atoms with E-state index in [4.69, 9.17) is 4.74 Å². The Bertz CT molecular complexity index is 1010. The number of rotatable bonds is 5. The molecule has 174 valence electrons. The predicted octanol–water partition coefficient (Wildman–Crippen LogP) is 4.09. The Hall–Kier alpha value is -2.34. The van der Waals surface area contributed by atoms with Crippen molar-refractivity contribution in [2.75, 3.05) is 27.2 Å². The quantitative estimate of drug-likeness (QED) is 0.659. The standard InChI is InChI=1S/C26H37N3O3/c1-26(2)18-27(3)14-13-20-17-22(10-11-23(20)26)29-16-15-28(25(29)31)21-8-5-19(6-9-21)7-12-24(30)32-4/h10-11,15-17,19,21H,5-9,12-14,18H2,1-4H3. The summed E-state index contributed by atoms with van der Waals surface area (Å²) < 4.78 is 8.47. The van der Waals surface area contributed by atoms with E-state index in [0.29, 0.717) is 12.3 Å². The highest BCUT2D eigenvalue weighted by Gasteiger charge is 2.29. The van der Waals surface area contributed by atoms with Gasteiger partial charge in [0.2, 0.25) is 0 Å². The molecule has 2 aromatic rings. The Morgan fingerprint density at radius 2 is 1.91 bits per heavy atom. The summed E-state index contributed by atoms with van der Waals surface area (Å²) in [7, 11) is 3.63. The number of fused-ring (bicyclic) bond motifs is 1. The minimum absolute atomic E-state index is 0.0490. The predicted molar refractivity (Wildman–Crippen MR) is 127 cm³/mol. The summed E-state index contributed by atoms with van der Waals surface area (Å²) in [5.74, 6) is 0.422. The van der Waals surface area contributed by atoms with Gasteiger partial charge in [-0.15, -0.1) is 0 Å². The van der Waals surface area contributed by atoms with Crippen LogP contribution in [0.2, 0.25) is 0 Å². The number of methoxy groups -OCH3 is 1. The van der Waals surface area contributed by atoms with Gasteiger partial charge < -0.3 is 9.64 Å². The van der Waals surface area contributed by atoms with E-state index in [1.165, 1.54) is 18.2 Å². The summed E-state index contributed by atoms with van der Waals surface area (Å²) in [4.78, 5) is 27.1. The largest absolute Gasteiger partial charge is 0.469 e. The van der Waals surface area contributed by atoms with E-state index >= 15 is 0 Å². The van der Waals surface area contributed by atoms with Gasteiger partial charge in [0.05, 0.1) is 12.8 Å². The number of benzene rings is 1. The molecule has 1 aromatic carbocycles. The molecule has 0 radical (unpaired) electrons. The van der Waals surface area contributed by atoms with Crippen molar-refractivity contribution in [2.24, 2.45) is 5.92 Å². The number of carbonyl (C=O) groups is 1. The zero-order valence-electron chi connectivity index (χ0n) is 20.0. The third-order valence-electron chi connectivity index (χ3n) is 7.52. The van der Waals surface area contributed by atoms with Crippen molar-refractivity contribution in [1.82, 2.24) is 14.0 Å². The summed E-state index contributed by atoms with van der Waals surface area (Å²) in [5.41, 5.74) is 3.85. The summed E-state index contributed by atoms with van der Waals surface area (Å²) in [6.45, 7) is 6.68. The lowest BCUT2D eigenvalue weighted by Gasteiger charge is -2.29. The molecule has 2 aliphatic rings. The average Bonchev–Trinajstić information content (AvgIpc) is 3.11. The Balaban J connectivity index is 1.49. The van der Waals surface area contributed by atoms with E-state index in [-0.39, 0.29) is 23.1 Å².